The van der Waals surface area contributed by atoms with Crippen molar-refractivity contribution in [1.29, 1.82) is 0 Å². The molecule has 0 unspecified atom stereocenters. The van der Waals surface area contributed by atoms with Gasteiger partial charge in [-0.15, -0.1) is 22.0 Å². The van der Waals surface area contributed by atoms with E-state index < -0.39 is 0 Å². The number of nitrogens with zero attached hydrogens (tertiary/aromatic N) is 3. The number of rotatable bonds is 5. The lowest BCUT2D eigenvalue weighted by Crippen LogP contribution is -2.42. The van der Waals surface area contributed by atoms with Crippen LogP contribution in [0.4, 0.5) is 5.13 Å². The third-order valence-electron chi connectivity index (χ3n) is 4.62. The van der Waals surface area contributed by atoms with Gasteiger partial charge < -0.3 is 10.2 Å². The van der Waals surface area contributed by atoms with E-state index in [0.717, 1.165) is 20.5 Å². The SMILES string of the molecule is Cc1cc(SCC(=O)N2CCC(C(=O)Nc3nncs3)CC2)c(C)cc1Br. The smallest absolute Gasteiger partial charge is 0.232 e. The summed E-state index contributed by atoms with van der Waals surface area (Å²) in [6, 6.07) is 4.20. The molecule has 9 heteroatoms. The molecule has 3 rings (SSSR count). The molecule has 27 heavy (non-hydrogen) atoms. The van der Waals surface area contributed by atoms with Crippen LogP contribution in [0.2, 0.25) is 0 Å². The van der Waals surface area contributed by atoms with Crippen LogP contribution < -0.4 is 5.32 Å². The number of carbonyl (C=O) groups is 2. The molecule has 1 saturated heterocycles. The fourth-order valence-electron chi connectivity index (χ4n) is 2.97. The van der Waals surface area contributed by atoms with E-state index in [1.165, 1.54) is 11.3 Å². The number of halogens is 1. The fourth-order valence-corrected chi connectivity index (χ4v) is 4.88. The highest BCUT2D eigenvalue weighted by atomic mass is 79.9. The van der Waals surface area contributed by atoms with E-state index in [2.05, 4.69) is 50.5 Å². The molecule has 144 valence electrons. The minimum Gasteiger partial charge on any atom is -0.342 e. The van der Waals surface area contributed by atoms with Crippen LogP contribution in [0, 0.1) is 19.8 Å². The highest BCUT2D eigenvalue weighted by molar-refractivity contribution is 9.10. The molecule has 0 radical (unpaired) electrons. The van der Waals surface area contributed by atoms with E-state index >= 15 is 0 Å². The molecule has 2 aromatic rings. The van der Waals surface area contributed by atoms with Crippen molar-refractivity contribution >= 4 is 56.0 Å². The molecule has 1 aromatic carbocycles. The number of hydrogen-bond donors (Lipinski definition) is 1. The van der Waals surface area contributed by atoms with Crippen molar-refractivity contribution in [2.75, 3.05) is 24.2 Å². The number of aryl methyl sites for hydroxylation is 2. The Balaban J connectivity index is 1.47. The van der Waals surface area contributed by atoms with Crippen LogP contribution >= 0.6 is 39.0 Å². The number of nitrogens with one attached hydrogen (secondary N) is 1. The van der Waals surface area contributed by atoms with Gasteiger partial charge in [-0.1, -0.05) is 27.3 Å². The second-order valence-electron chi connectivity index (χ2n) is 6.54. The number of piperidine rings is 1. The fraction of sp³-hybridized carbons (Fsp3) is 0.444. The number of likely N-dealkylation sites (tertiary alicyclic amines) is 1. The van der Waals surface area contributed by atoms with Gasteiger partial charge in [-0.25, -0.2) is 0 Å². The molecule has 1 aromatic heterocycles. The van der Waals surface area contributed by atoms with E-state index in [1.54, 1.807) is 17.3 Å². The quantitative estimate of drug-likeness (QED) is 0.673. The van der Waals surface area contributed by atoms with Crippen molar-refractivity contribution in [1.82, 2.24) is 15.1 Å². The van der Waals surface area contributed by atoms with Crippen molar-refractivity contribution in [2.24, 2.45) is 5.92 Å². The van der Waals surface area contributed by atoms with Crippen molar-refractivity contribution in [3.05, 3.63) is 33.2 Å². The predicted octanol–water partition coefficient (Wildman–Crippen LogP) is 3.89. The van der Waals surface area contributed by atoms with E-state index in [4.69, 9.17) is 0 Å². The Morgan fingerprint density at radius 2 is 2.04 bits per heavy atom. The van der Waals surface area contributed by atoms with Gasteiger partial charge >= 0.3 is 0 Å². The first kappa shape index (κ1) is 20.3. The van der Waals surface area contributed by atoms with Gasteiger partial charge in [0.15, 0.2) is 0 Å². The zero-order valence-electron chi connectivity index (χ0n) is 15.2. The first-order chi connectivity index (χ1) is 12.9. The summed E-state index contributed by atoms with van der Waals surface area (Å²) in [5.74, 6) is 0.433. The Labute approximate surface area is 175 Å². The van der Waals surface area contributed by atoms with Gasteiger partial charge in [0.05, 0.1) is 5.75 Å². The number of anilines is 1. The van der Waals surface area contributed by atoms with Crippen LogP contribution in [0.25, 0.3) is 0 Å². The summed E-state index contributed by atoms with van der Waals surface area (Å²) < 4.78 is 1.09. The molecule has 0 bridgehead atoms. The van der Waals surface area contributed by atoms with Gasteiger partial charge in [-0.3, -0.25) is 9.59 Å². The van der Waals surface area contributed by atoms with E-state index in [1.807, 2.05) is 11.8 Å². The van der Waals surface area contributed by atoms with E-state index in [-0.39, 0.29) is 17.7 Å². The van der Waals surface area contributed by atoms with Gasteiger partial charge in [0.1, 0.15) is 5.51 Å². The topological polar surface area (TPSA) is 75.2 Å². The lowest BCUT2D eigenvalue weighted by atomic mass is 9.96. The number of aromatic nitrogens is 2. The number of benzene rings is 1. The van der Waals surface area contributed by atoms with Crippen molar-refractivity contribution < 1.29 is 9.59 Å². The van der Waals surface area contributed by atoms with Crippen LogP contribution in [0.1, 0.15) is 24.0 Å². The van der Waals surface area contributed by atoms with Gasteiger partial charge in [-0.2, -0.15) is 0 Å². The Bertz CT molecular complexity index is 821. The lowest BCUT2D eigenvalue weighted by Gasteiger charge is -2.31. The zero-order valence-corrected chi connectivity index (χ0v) is 18.4. The largest absolute Gasteiger partial charge is 0.342 e. The summed E-state index contributed by atoms with van der Waals surface area (Å²) in [5.41, 5.74) is 3.92. The lowest BCUT2D eigenvalue weighted by molar-refractivity contribution is -0.132. The summed E-state index contributed by atoms with van der Waals surface area (Å²) in [4.78, 5) is 27.8. The first-order valence-electron chi connectivity index (χ1n) is 8.68. The van der Waals surface area contributed by atoms with Gasteiger partial charge in [-0.05, 0) is 49.9 Å². The van der Waals surface area contributed by atoms with Crippen molar-refractivity contribution in [3.8, 4) is 0 Å². The average Bonchev–Trinajstić information content (AvgIpc) is 3.16. The minimum atomic E-state index is -0.0815. The maximum absolute atomic E-state index is 12.5. The molecule has 1 aliphatic rings. The molecule has 1 aliphatic heterocycles. The highest BCUT2D eigenvalue weighted by Crippen LogP contribution is 2.29. The minimum absolute atomic E-state index is 0.0332. The summed E-state index contributed by atoms with van der Waals surface area (Å²) in [6.07, 6.45) is 1.36. The highest BCUT2D eigenvalue weighted by Gasteiger charge is 2.27. The maximum Gasteiger partial charge on any atom is 0.232 e. The number of amides is 2. The summed E-state index contributed by atoms with van der Waals surface area (Å²) in [7, 11) is 0. The van der Waals surface area contributed by atoms with Crippen LogP contribution in [-0.4, -0.2) is 45.8 Å². The van der Waals surface area contributed by atoms with Crippen LogP contribution in [-0.2, 0) is 9.59 Å². The molecule has 0 spiro atoms. The Kier molecular flexibility index (Phi) is 6.88. The molecule has 1 N–H and O–H groups in total. The third kappa shape index (κ3) is 5.30. The molecule has 2 amide bonds. The Morgan fingerprint density at radius 3 is 2.70 bits per heavy atom. The van der Waals surface area contributed by atoms with Gasteiger partial charge in [0, 0.05) is 28.4 Å². The van der Waals surface area contributed by atoms with Crippen molar-refractivity contribution in [3.63, 3.8) is 0 Å². The van der Waals surface area contributed by atoms with Gasteiger partial charge in [0.25, 0.3) is 0 Å². The number of hydrogen-bond acceptors (Lipinski definition) is 6. The molecule has 0 aliphatic carbocycles. The molecule has 6 nitrogen and oxygen atoms in total. The second-order valence-corrected chi connectivity index (χ2v) is 9.25. The standard InChI is InChI=1S/C18H21BrN4O2S2/c1-11-8-15(12(2)7-14(11)19)26-9-16(24)23-5-3-13(4-6-23)17(25)21-18-22-20-10-27-18/h7-8,10,13H,3-6,9H2,1-2H3,(H,21,22,25). The van der Waals surface area contributed by atoms with E-state index in [9.17, 15) is 9.59 Å². The predicted molar refractivity (Wildman–Crippen MR) is 112 cm³/mol. The van der Waals surface area contributed by atoms with Crippen LogP contribution in [0.5, 0.6) is 0 Å². The third-order valence-corrected chi connectivity index (χ3v) is 7.22. The monoisotopic (exact) mass is 468 g/mol. The molecular formula is C18H21BrN4O2S2. The molecule has 2 heterocycles. The second kappa shape index (κ2) is 9.16. The maximum atomic E-state index is 12.5. The Morgan fingerprint density at radius 1 is 1.30 bits per heavy atom. The van der Waals surface area contributed by atoms with Crippen LogP contribution in [0.3, 0.4) is 0 Å². The number of thioether (sulfide) groups is 1. The first-order valence-corrected chi connectivity index (χ1v) is 11.3. The van der Waals surface area contributed by atoms with E-state index in [0.29, 0.717) is 36.8 Å². The molecular weight excluding hydrogens is 448 g/mol. The molecule has 0 atom stereocenters. The number of carbonyl (C=O) groups excluding carboxylic acids is 2. The van der Waals surface area contributed by atoms with Crippen molar-refractivity contribution in [2.45, 2.75) is 31.6 Å². The average molecular weight is 469 g/mol. The van der Waals surface area contributed by atoms with Crippen LogP contribution in [0.15, 0.2) is 27.0 Å². The molecule has 0 saturated carbocycles. The van der Waals surface area contributed by atoms with Gasteiger partial charge in [0.2, 0.25) is 16.9 Å². The Hall–Kier alpha value is -1.45. The zero-order chi connectivity index (χ0) is 19.4. The molecule has 1 fully saturated rings. The summed E-state index contributed by atoms with van der Waals surface area (Å²) in [5, 5.41) is 10.9. The summed E-state index contributed by atoms with van der Waals surface area (Å²) in [6.45, 7) is 5.34. The summed E-state index contributed by atoms with van der Waals surface area (Å²) >= 11 is 6.41. The normalized spacial score (nSPS) is 15.0.